The standard InChI is InChI=1S/2C8H11NO8.2H3N.2Na.H2O3S.H/c2*10-5(11)1-9(2-6(12)13,3-7(14)15)4-8(16)17;;;;;1-4(2)3;/h2*1-4H2,(H3-,10,11,12,13,14,15,16,17);2*1H3;;;(H2,1,2,3);/q;;;;2*+1;;-1/p+2. The number of hydrogen-bond acceptors (Lipinski definition) is 11. The van der Waals surface area contributed by atoms with Gasteiger partial charge in [0.25, 0.3) is 11.4 Å². The quantitative estimate of drug-likeness (QED) is 0.0414. The molecule has 0 bridgehead atoms. The van der Waals surface area contributed by atoms with Crippen LogP contribution in [0, 0.1) is 0 Å². The molecule has 0 aliphatic rings. The predicted molar refractivity (Wildman–Crippen MR) is 125 cm³/mol. The van der Waals surface area contributed by atoms with E-state index < -0.39 is 120 Å². The van der Waals surface area contributed by atoms with E-state index in [-0.39, 0.29) is 72.8 Å². The van der Waals surface area contributed by atoms with Crippen molar-refractivity contribution in [3.8, 4) is 0 Å². The van der Waals surface area contributed by atoms with E-state index in [2.05, 4.69) is 0 Å². The number of rotatable bonds is 16. The third kappa shape index (κ3) is 35.7. The van der Waals surface area contributed by atoms with Gasteiger partial charge < -0.3 is 54.6 Å². The third-order valence-corrected chi connectivity index (χ3v) is 3.77. The first-order valence-corrected chi connectivity index (χ1v) is 10.4. The van der Waals surface area contributed by atoms with E-state index in [1.54, 1.807) is 0 Å². The van der Waals surface area contributed by atoms with E-state index in [0.717, 1.165) is 0 Å². The Morgan fingerprint density at radius 1 is 0.405 bits per heavy atom. The van der Waals surface area contributed by atoms with Crippen molar-refractivity contribution in [1.82, 2.24) is 12.3 Å². The predicted octanol–water partition coefficient (Wildman–Crippen LogP) is -9.59. The third-order valence-electron chi connectivity index (χ3n) is 3.77. The number of nitrogens with zero attached hydrogens (tertiary/aromatic N) is 2. The maximum atomic E-state index is 10.6. The molecule has 23 nitrogen and oxygen atoms in total. The van der Waals surface area contributed by atoms with Crippen LogP contribution in [0.1, 0.15) is 1.43 Å². The molecule has 0 aromatic rings. The summed E-state index contributed by atoms with van der Waals surface area (Å²) in [5, 5.41) is 68.7. The molecule has 26 heteroatoms. The molecule has 16 N–H and O–H groups in total. The Hall–Kier alpha value is -2.33. The zero-order chi connectivity index (χ0) is 30.9. The van der Waals surface area contributed by atoms with E-state index in [1.165, 1.54) is 0 Å². The van der Waals surface area contributed by atoms with Crippen LogP contribution in [0.4, 0.5) is 0 Å². The van der Waals surface area contributed by atoms with E-state index >= 15 is 0 Å². The Kier molecular flexibility index (Phi) is 36.4. The minimum absolute atomic E-state index is 0. The molecule has 0 aliphatic carbocycles. The molecule has 0 saturated heterocycles. The van der Waals surface area contributed by atoms with Crippen molar-refractivity contribution in [3.05, 3.63) is 0 Å². The fraction of sp³-hybridized carbons (Fsp3) is 0.500. The summed E-state index contributed by atoms with van der Waals surface area (Å²) < 4.78 is 20.7. The molecular weight excluding hydrogens is 630 g/mol. The fourth-order valence-corrected chi connectivity index (χ4v) is 2.97. The Morgan fingerprint density at radius 2 is 0.476 bits per heavy atom. The first kappa shape index (κ1) is 55.6. The molecule has 0 atom stereocenters. The van der Waals surface area contributed by atoms with Crippen LogP contribution in [0.5, 0.6) is 0 Å². The molecule has 0 radical (unpaired) electrons. The van der Waals surface area contributed by atoms with Crippen LogP contribution >= 0.6 is 0 Å². The zero-order valence-electron chi connectivity index (χ0n) is 23.5. The summed E-state index contributed by atoms with van der Waals surface area (Å²) in [5.74, 6) is -11.7. The van der Waals surface area contributed by atoms with Crippen LogP contribution in [0.25, 0.3) is 0 Å². The van der Waals surface area contributed by atoms with E-state index in [4.69, 9.17) is 54.2 Å². The van der Waals surface area contributed by atoms with Gasteiger partial charge in [0.15, 0.2) is 52.4 Å². The van der Waals surface area contributed by atoms with Crippen LogP contribution in [-0.4, -0.2) is 163 Å². The summed E-state index contributed by atoms with van der Waals surface area (Å²) in [5.41, 5.74) is 0. The van der Waals surface area contributed by atoms with E-state index in [1.807, 2.05) is 0 Å². The Balaban J connectivity index is -0.0000000763. The number of aliphatic carboxylic acids is 8. The maximum Gasteiger partial charge on any atom is 1.00 e. The van der Waals surface area contributed by atoms with Crippen molar-refractivity contribution in [3.63, 3.8) is 0 Å². The van der Waals surface area contributed by atoms with Gasteiger partial charge in [-0.1, -0.05) is 0 Å². The minimum Gasteiger partial charge on any atom is -1.00 e. The van der Waals surface area contributed by atoms with Gasteiger partial charge in [0.2, 0.25) is 0 Å². The molecule has 0 fully saturated rings. The summed E-state index contributed by atoms with van der Waals surface area (Å²) in [6.07, 6.45) is 0. The molecule has 0 amide bonds. The van der Waals surface area contributed by atoms with Crippen molar-refractivity contribution in [2.24, 2.45) is 0 Å². The van der Waals surface area contributed by atoms with Gasteiger partial charge in [-0.25, -0.2) is 38.4 Å². The number of hydrogen-bond donors (Lipinski definition) is 12. The number of carboxylic acid groups (broad SMARTS) is 8. The van der Waals surface area contributed by atoms with Gasteiger partial charge in [0.1, 0.15) is 0 Å². The van der Waals surface area contributed by atoms with Gasteiger partial charge in [-0.2, -0.15) is 4.21 Å². The molecule has 0 unspecified atom stereocenters. The molecule has 0 spiro atoms. The van der Waals surface area contributed by atoms with Gasteiger partial charge in [-0.3, -0.25) is 18.1 Å². The first-order valence-electron chi connectivity index (χ1n) is 9.31. The molecule has 0 aromatic carbocycles. The molecule has 42 heavy (non-hydrogen) atoms. The first-order chi connectivity index (χ1) is 17.1. The Bertz CT molecular complexity index is 747. The molecule has 0 saturated carbocycles. The maximum absolute atomic E-state index is 10.6. The average molecular weight is 663 g/mol. The average Bonchev–Trinajstić information content (AvgIpc) is 2.55. The van der Waals surface area contributed by atoms with Gasteiger partial charge in [0, 0.05) is 0 Å². The van der Waals surface area contributed by atoms with Crippen molar-refractivity contribution < 1.29 is 162 Å². The largest absolute Gasteiger partial charge is 1.00 e. The molecule has 0 aliphatic heterocycles. The Morgan fingerprint density at radius 3 is 0.524 bits per heavy atom. The normalized spacial score (nSPS) is 9.60. The van der Waals surface area contributed by atoms with Crippen LogP contribution in [-0.2, 0) is 49.7 Å². The summed E-state index contributed by atoms with van der Waals surface area (Å²) in [4.78, 5) is 84.5. The number of carboxylic acids is 8. The molecular formula is C16H33N4Na2O19S+3. The van der Waals surface area contributed by atoms with Gasteiger partial charge >= 0.3 is 107 Å². The van der Waals surface area contributed by atoms with Gasteiger partial charge in [-0.05, 0) is 0 Å². The van der Waals surface area contributed by atoms with Crippen LogP contribution in [0.2, 0.25) is 0 Å². The zero-order valence-corrected chi connectivity index (χ0v) is 27.3. The topological polar surface area (TPSA) is 426 Å². The van der Waals surface area contributed by atoms with Crippen LogP contribution < -0.4 is 71.4 Å². The van der Waals surface area contributed by atoms with Crippen molar-refractivity contribution in [2.75, 3.05) is 52.4 Å². The Labute approximate surface area is 284 Å². The number of carbonyl (C=O) groups is 8. The number of quaternary nitrogens is 2. The second-order valence-corrected chi connectivity index (χ2v) is 7.79. The van der Waals surface area contributed by atoms with Crippen molar-refractivity contribution in [1.29, 1.82) is 0 Å². The molecule has 0 heterocycles. The molecule has 0 aromatic heterocycles. The van der Waals surface area contributed by atoms with Crippen LogP contribution in [0.15, 0.2) is 0 Å². The van der Waals surface area contributed by atoms with Gasteiger partial charge in [0.05, 0.1) is 0 Å². The second kappa shape index (κ2) is 27.5. The molecule has 236 valence electrons. The smallest absolute Gasteiger partial charge is 1.00 e. The summed E-state index contributed by atoms with van der Waals surface area (Å²) in [6.45, 7) is -7.07. The van der Waals surface area contributed by atoms with Crippen LogP contribution in [0.3, 0.4) is 0 Å². The summed E-state index contributed by atoms with van der Waals surface area (Å²) >= 11 is -2.61. The molecule has 0 rings (SSSR count). The van der Waals surface area contributed by atoms with E-state index in [0.29, 0.717) is 0 Å². The van der Waals surface area contributed by atoms with E-state index in [9.17, 15) is 38.4 Å². The monoisotopic (exact) mass is 663 g/mol. The fourth-order valence-electron chi connectivity index (χ4n) is 2.97. The summed E-state index contributed by atoms with van der Waals surface area (Å²) in [6, 6.07) is 0. The summed E-state index contributed by atoms with van der Waals surface area (Å²) in [7, 11) is 0. The van der Waals surface area contributed by atoms with Crippen molar-refractivity contribution >= 4 is 59.1 Å². The van der Waals surface area contributed by atoms with Crippen molar-refractivity contribution in [2.45, 2.75) is 0 Å². The second-order valence-electron chi connectivity index (χ2n) is 7.33. The van der Waals surface area contributed by atoms with Gasteiger partial charge in [-0.15, -0.1) is 0 Å². The SMILES string of the molecule is N.N.O=C(O)C[N+](CC(=O)O)(CC(=O)O)CC(=O)O.O=C(O)C[N+](CC(=O)O)(CC(=O)O)CC(=O)O.O=S(O)O.[H-].[Na+].[Na+]. The minimum atomic E-state index is -2.61.